The number of rotatable bonds is 10. The third-order valence-electron chi connectivity index (χ3n) is 7.24. The molecule has 5 rings (SSSR count). The normalized spacial score (nSPS) is 13.6. The van der Waals surface area contributed by atoms with E-state index < -0.39 is 10.0 Å². The van der Waals surface area contributed by atoms with E-state index in [1.807, 2.05) is 37.3 Å². The van der Waals surface area contributed by atoms with E-state index in [0.717, 1.165) is 22.7 Å². The van der Waals surface area contributed by atoms with Crippen LogP contribution in [-0.4, -0.2) is 20.9 Å². The SMILES string of the molecule is CCC(NC(=O)CN(c1ccc(Oc2ccccc2)cc1)S(=O)(=O)c1ccccc1)c1ccc2c(c1)CCCC2. The molecule has 0 fully saturated rings. The van der Waals surface area contributed by atoms with Crippen LogP contribution in [0.5, 0.6) is 11.5 Å². The van der Waals surface area contributed by atoms with Crippen molar-refractivity contribution in [3.05, 3.63) is 120 Å². The van der Waals surface area contributed by atoms with Crippen LogP contribution < -0.4 is 14.4 Å². The summed E-state index contributed by atoms with van der Waals surface area (Å²) in [4.78, 5) is 13.5. The summed E-state index contributed by atoms with van der Waals surface area (Å²) < 4.78 is 34.5. The highest BCUT2D eigenvalue weighted by atomic mass is 32.2. The Morgan fingerprint density at radius 2 is 1.45 bits per heavy atom. The molecule has 1 unspecified atom stereocenters. The molecule has 7 heteroatoms. The van der Waals surface area contributed by atoms with Crippen LogP contribution in [0.25, 0.3) is 0 Å². The van der Waals surface area contributed by atoms with E-state index in [2.05, 4.69) is 23.5 Å². The highest BCUT2D eigenvalue weighted by Crippen LogP contribution is 2.29. The number of carbonyl (C=O) groups excluding carboxylic acids is 1. The predicted molar refractivity (Wildman–Crippen MR) is 158 cm³/mol. The van der Waals surface area contributed by atoms with Gasteiger partial charge in [0.15, 0.2) is 0 Å². The summed E-state index contributed by atoms with van der Waals surface area (Å²) in [6.45, 7) is 1.67. The van der Waals surface area contributed by atoms with Crippen LogP contribution in [0.1, 0.15) is 48.9 Å². The second-order valence-electron chi connectivity index (χ2n) is 10.00. The van der Waals surface area contributed by atoms with Crippen LogP contribution in [0, 0.1) is 0 Å². The molecule has 4 aromatic rings. The van der Waals surface area contributed by atoms with E-state index in [9.17, 15) is 13.2 Å². The number of hydrogen-bond acceptors (Lipinski definition) is 4. The molecule has 0 saturated heterocycles. The summed E-state index contributed by atoms with van der Waals surface area (Å²) in [7, 11) is -4.01. The minimum atomic E-state index is -4.01. The van der Waals surface area contributed by atoms with E-state index >= 15 is 0 Å². The van der Waals surface area contributed by atoms with Gasteiger partial charge in [0.25, 0.3) is 10.0 Å². The average Bonchev–Trinajstić information content (AvgIpc) is 3.00. The highest BCUT2D eigenvalue weighted by Gasteiger charge is 2.28. The van der Waals surface area contributed by atoms with Crippen LogP contribution in [-0.2, 0) is 27.7 Å². The van der Waals surface area contributed by atoms with Gasteiger partial charge < -0.3 is 10.1 Å². The zero-order chi connectivity index (χ0) is 28.0. The Balaban J connectivity index is 1.38. The molecule has 1 atom stereocenters. The third kappa shape index (κ3) is 6.37. The number of sulfonamides is 1. The Morgan fingerprint density at radius 3 is 2.12 bits per heavy atom. The van der Waals surface area contributed by atoms with Crippen molar-refractivity contribution >= 4 is 21.6 Å². The van der Waals surface area contributed by atoms with E-state index in [-0.39, 0.29) is 23.4 Å². The molecule has 0 bridgehead atoms. The maximum atomic E-state index is 13.7. The van der Waals surface area contributed by atoms with E-state index in [4.69, 9.17) is 4.74 Å². The minimum Gasteiger partial charge on any atom is -0.457 e. The molecule has 0 saturated carbocycles. The summed E-state index contributed by atoms with van der Waals surface area (Å²) in [6.07, 6.45) is 5.24. The second kappa shape index (κ2) is 12.4. The van der Waals surface area contributed by atoms with Crippen molar-refractivity contribution in [1.82, 2.24) is 5.32 Å². The van der Waals surface area contributed by atoms with E-state index in [1.54, 1.807) is 42.5 Å². The molecule has 206 valence electrons. The Bertz CT molecular complexity index is 1540. The number of fused-ring (bicyclic) bond motifs is 1. The zero-order valence-corrected chi connectivity index (χ0v) is 23.4. The lowest BCUT2D eigenvalue weighted by atomic mass is 9.89. The summed E-state index contributed by atoms with van der Waals surface area (Å²) in [5.74, 6) is 0.875. The molecule has 40 heavy (non-hydrogen) atoms. The Labute approximate surface area is 236 Å². The molecule has 1 aliphatic carbocycles. The van der Waals surface area contributed by atoms with Crippen LogP contribution in [0.4, 0.5) is 5.69 Å². The van der Waals surface area contributed by atoms with Gasteiger partial charge in [0, 0.05) is 0 Å². The largest absolute Gasteiger partial charge is 0.457 e. The van der Waals surface area contributed by atoms with E-state index in [1.165, 1.54) is 36.1 Å². The number of anilines is 1. The number of para-hydroxylation sites is 1. The average molecular weight is 555 g/mol. The first-order valence-corrected chi connectivity index (χ1v) is 15.2. The monoisotopic (exact) mass is 554 g/mol. The van der Waals surface area contributed by atoms with Crippen molar-refractivity contribution in [2.75, 3.05) is 10.8 Å². The number of hydrogen-bond donors (Lipinski definition) is 1. The fraction of sp³-hybridized carbons (Fsp3) is 0.242. The van der Waals surface area contributed by atoms with Gasteiger partial charge >= 0.3 is 0 Å². The molecule has 6 nitrogen and oxygen atoms in total. The number of nitrogens with one attached hydrogen (secondary N) is 1. The fourth-order valence-corrected chi connectivity index (χ4v) is 6.54. The van der Waals surface area contributed by atoms with Crippen LogP contribution in [0.2, 0.25) is 0 Å². The molecule has 0 spiro atoms. The maximum absolute atomic E-state index is 13.7. The molecular weight excluding hydrogens is 520 g/mol. The second-order valence-corrected chi connectivity index (χ2v) is 11.9. The van der Waals surface area contributed by atoms with Crippen molar-refractivity contribution in [2.45, 2.75) is 50.0 Å². The number of carbonyl (C=O) groups is 1. The van der Waals surface area contributed by atoms with E-state index in [0.29, 0.717) is 23.6 Å². The number of ether oxygens (including phenoxy) is 1. The first-order valence-electron chi connectivity index (χ1n) is 13.8. The molecule has 0 radical (unpaired) electrons. The molecule has 4 aromatic carbocycles. The van der Waals surface area contributed by atoms with Crippen LogP contribution >= 0.6 is 0 Å². The lowest BCUT2D eigenvalue weighted by molar-refractivity contribution is -0.120. The Hall–Kier alpha value is -4.10. The topological polar surface area (TPSA) is 75.7 Å². The Morgan fingerprint density at radius 1 is 0.825 bits per heavy atom. The van der Waals surface area contributed by atoms with Crippen LogP contribution in [0.15, 0.2) is 108 Å². The van der Waals surface area contributed by atoms with Gasteiger partial charge in [-0.1, -0.05) is 61.5 Å². The van der Waals surface area contributed by atoms with Gasteiger partial charge in [0.05, 0.1) is 16.6 Å². The lowest BCUT2D eigenvalue weighted by Crippen LogP contribution is -2.42. The highest BCUT2D eigenvalue weighted by molar-refractivity contribution is 7.92. The number of aryl methyl sites for hydroxylation is 2. The molecule has 0 heterocycles. The van der Waals surface area contributed by atoms with Crippen LogP contribution in [0.3, 0.4) is 0 Å². The summed E-state index contributed by atoms with van der Waals surface area (Å²) in [5.41, 5.74) is 4.16. The standard InChI is InChI=1S/C33H34N2O4S/c1-2-32(27-18-17-25-11-9-10-12-26(25)23-27)34-33(36)24-35(40(37,38)31-15-7-4-8-16-31)28-19-21-30(22-20-28)39-29-13-5-3-6-14-29/h3-8,13-23,32H,2,9-12,24H2,1H3,(H,34,36). The third-order valence-corrected chi connectivity index (χ3v) is 9.03. The molecule has 0 aliphatic heterocycles. The zero-order valence-electron chi connectivity index (χ0n) is 22.6. The van der Waals surface area contributed by atoms with Gasteiger partial charge in [-0.15, -0.1) is 0 Å². The van der Waals surface area contributed by atoms with Crippen molar-refractivity contribution in [1.29, 1.82) is 0 Å². The minimum absolute atomic E-state index is 0.120. The van der Waals surface area contributed by atoms with Crippen molar-refractivity contribution in [2.24, 2.45) is 0 Å². The molecule has 1 aliphatic rings. The van der Waals surface area contributed by atoms with Crippen molar-refractivity contribution < 1.29 is 17.9 Å². The van der Waals surface area contributed by atoms with Gasteiger partial charge in [-0.3, -0.25) is 9.10 Å². The smallest absolute Gasteiger partial charge is 0.264 e. The Kier molecular flexibility index (Phi) is 8.51. The van der Waals surface area contributed by atoms with Crippen molar-refractivity contribution in [3.8, 4) is 11.5 Å². The number of benzene rings is 4. The van der Waals surface area contributed by atoms with Gasteiger partial charge in [0.1, 0.15) is 18.0 Å². The summed E-state index contributed by atoms with van der Waals surface area (Å²) in [5, 5.41) is 3.09. The predicted octanol–water partition coefficient (Wildman–Crippen LogP) is 6.82. The first kappa shape index (κ1) is 27.5. The molecule has 0 aromatic heterocycles. The molecular formula is C33H34N2O4S. The van der Waals surface area contributed by atoms with Gasteiger partial charge in [0.2, 0.25) is 5.91 Å². The summed E-state index contributed by atoms with van der Waals surface area (Å²) >= 11 is 0. The van der Waals surface area contributed by atoms with Gasteiger partial charge in [-0.05, 0) is 97.3 Å². The number of nitrogens with zero attached hydrogens (tertiary/aromatic N) is 1. The fourth-order valence-electron chi connectivity index (χ4n) is 5.10. The maximum Gasteiger partial charge on any atom is 0.264 e. The quantitative estimate of drug-likeness (QED) is 0.233. The van der Waals surface area contributed by atoms with Crippen molar-refractivity contribution in [3.63, 3.8) is 0 Å². The van der Waals surface area contributed by atoms with Gasteiger partial charge in [-0.25, -0.2) is 8.42 Å². The molecule has 1 amide bonds. The molecule has 1 N–H and O–H groups in total. The summed E-state index contributed by atoms with van der Waals surface area (Å²) in [6, 6.07) is 30.5. The van der Waals surface area contributed by atoms with Gasteiger partial charge in [-0.2, -0.15) is 0 Å². The first-order chi connectivity index (χ1) is 19.4. The number of amides is 1. The lowest BCUT2D eigenvalue weighted by Gasteiger charge is -2.26.